The minimum absolute atomic E-state index is 0.300. The van der Waals surface area contributed by atoms with Gasteiger partial charge >= 0.3 is 0 Å². The maximum atomic E-state index is 13.5. The van der Waals surface area contributed by atoms with Crippen molar-refractivity contribution in [1.82, 2.24) is 4.98 Å². The maximum absolute atomic E-state index is 13.5. The summed E-state index contributed by atoms with van der Waals surface area (Å²) >= 11 is 0. The summed E-state index contributed by atoms with van der Waals surface area (Å²) in [7, 11) is 1.50. The molecule has 0 bridgehead atoms. The summed E-state index contributed by atoms with van der Waals surface area (Å²) < 4.78 is 32.0. The molecule has 22 heavy (non-hydrogen) atoms. The minimum Gasteiger partial charge on any atom is -0.496 e. The summed E-state index contributed by atoms with van der Waals surface area (Å²) in [5.74, 6) is -1.34. The molecule has 0 aliphatic carbocycles. The Hall–Kier alpha value is -2.82. The Morgan fingerprint density at radius 1 is 1.05 bits per heavy atom. The van der Waals surface area contributed by atoms with Gasteiger partial charge in [-0.1, -0.05) is 6.07 Å². The Morgan fingerprint density at radius 3 is 2.55 bits per heavy atom. The number of fused-ring (bicyclic) bond motifs is 1. The first-order chi connectivity index (χ1) is 10.6. The first-order valence-corrected chi connectivity index (χ1v) is 6.52. The normalized spacial score (nSPS) is 10.7. The van der Waals surface area contributed by atoms with E-state index in [9.17, 15) is 13.6 Å². The number of carbonyl (C=O) groups excluding carboxylic acids is 1. The maximum Gasteiger partial charge on any atom is 0.168 e. The van der Waals surface area contributed by atoms with Crippen LogP contribution in [0.1, 0.15) is 10.5 Å². The van der Waals surface area contributed by atoms with Gasteiger partial charge in [0.05, 0.1) is 12.6 Å². The van der Waals surface area contributed by atoms with E-state index in [1.54, 1.807) is 24.3 Å². The number of benzene rings is 2. The van der Waals surface area contributed by atoms with Gasteiger partial charge in [0, 0.05) is 10.9 Å². The molecule has 0 saturated heterocycles. The van der Waals surface area contributed by atoms with Crippen LogP contribution >= 0.6 is 0 Å². The van der Waals surface area contributed by atoms with Gasteiger partial charge in [-0.2, -0.15) is 0 Å². The van der Waals surface area contributed by atoms with Crippen molar-refractivity contribution in [1.29, 1.82) is 0 Å². The minimum atomic E-state index is -0.936. The first-order valence-electron chi connectivity index (χ1n) is 6.52. The summed E-state index contributed by atoms with van der Waals surface area (Å²) in [5, 5.41) is 0.691. The van der Waals surface area contributed by atoms with Crippen LogP contribution in [0, 0.1) is 11.6 Å². The molecule has 0 unspecified atom stereocenters. The zero-order chi connectivity index (χ0) is 15.7. The van der Waals surface area contributed by atoms with Gasteiger partial charge in [-0.25, -0.2) is 13.8 Å². The fourth-order valence-corrected chi connectivity index (χ4v) is 2.38. The molecule has 3 rings (SSSR count). The lowest BCUT2D eigenvalue weighted by molar-refractivity contribution is 0.111. The second-order valence-corrected chi connectivity index (χ2v) is 4.69. The number of aldehydes is 1. The number of hydrogen-bond acceptors (Lipinski definition) is 3. The summed E-state index contributed by atoms with van der Waals surface area (Å²) in [6, 6.07) is 10.3. The molecule has 1 aromatic heterocycles. The van der Waals surface area contributed by atoms with Crippen molar-refractivity contribution < 1.29 is 18.3 Å². The lowest BCUT2D eigenvalue weighted by Gasteiger charge is -2.12. The fourth-order valence-electron chi connectivity index (χ4n) is 2.38. The van der Waals surface area contributed by atoms with Crippen molar-refractivity contribution in [3.63, 3.8) is 0 Å². The molecule has 0 spiro atoms. The van der Waals surface area contributed by atoms with E-state index in [0.717, 1.165) is 12.1 Å². The number of nitrogens with zero attached hydrogens (tertiary/aromatic N) is 1. The van der Waals surface area contributed by atoms with Gasteiger partial charge in [-0.05, 0) is 42.0 Å². The standard InChI is InChI=1S/C17H11F2NO2/c1-22-16-7-6-15-12(4-3-11(9-21)20-15)17(16)10-2-5-13(18)14(19)8-10/h2-9H,1H3. The highest BCUT2D eigenvalue weighted by Crippen LogP contribution is 2.37. The number of aromatic nitrogens is 1. The van der Waals surface area contributed by atoms with E-state index in [0.29, 0.717) is 39.8 Å². The number of halogens is 2. The van der Waals surface area contributed by atoms with Crippen molar-refractivity contribution in [2.75, 3.05) is 7.11 Å². The predicted molar refractivity (Wildman–Crippen MR) is 79.0 cm³/mol. The Labute approximate surface area is 125 Å². The summed E-state index contributed by atoms with van der Waals surface area (Å²) in [5.41, 5.74) is 1.95. The van der Waals surface area contributed by atoms with Crippen molar-refractivity contribution in [3.05, 3.63) is 59.8 Å². The van der Waals surface area contributed by atoms with Crippen LogP contribution in [0.3, 0.4) is 0 Å². The third-order valence-corrected chi connectivity index (χ3v) is 3.40. The molecule has 3 nitrogen and oxygen atoms in total. The third kappa shape index (κ3) is 2.30. The van der Waals surface area contributed by atoms with E-state index in [2.05, 4.69) is 4.98 Å². The third-order valence-electron chi connectivity index (χ3n) is 3.40. The van der Waals surface area contributed by atoms with Crippen LogP contribution in [0.4, 0.5) is 8.78 Å². The molecule has 0 aliphatic rings. The van der Waals surface area contributed by atoms with Crippen molar-refractivity contribution in [3.8, 4) is 16.9 Å². The SMILES string of the molecule is COc1ccc2nc(C=O)ccc2c1-c1ccc(F)c(F)c1. The second kappa shape index (κ2) is 5.52. The Bertz CT molecular complexity index is 878. The quantitative estimate of drug-likeness (QED) is 0.686. The largest absolute Gasteiger partial charge is 0.496 e. The van der Waals surface area contributed by atoms with Gasteiger partial charge in [-0.15, -0.1) is 0 Å². The van der Waals surface area contributed by atoms with Gasteiger partial charge in [0.1, 0.15) is 11.4 Å². The molecule has 0 saturated carbocycles. The molecular weight excluding hydrogens is 288 g/mol. The Kier molecular flexibility index (Phi) is 3.55. The van der Waals surface area contributed by atoms with Gasteiger partial charge in [0.15, 0.2) is 17.9 Å². The van der Waals surface area contributed by atoms with Crippen LogP contribution in [0.25, 0.3) is 22.0 Å². The van der Waals surface area contributed by atoms with Crippen molar-refractivity contribution in [2.45, 2.75) is 0 Å². The van der Waals surface area contributed by atoms with Gasteiger partial charge in [0.25, 0.3) is 0 Å². The van der Waals surface area contributed by atoms with Crippen LogP contribution < -0.4 is 4.74 Å². The van der Waals surface area contributed by atoms with Crippen LogP contribution in [0.5, 0.6) is 5.75 Å². The van der Waals surface area contributed by atoms with Crippen molar-refractivity contribution >= 4 is 17.2 Å². The average molecular weight is 299 g/mol. The zero-order valence-electron chi connectivity index (χ0n) is 11.6. The molecule has 0 aliphatic heterocycles. The summed E-state index contributed by atoms with van der Waals surface area (Å²) in [4.78, 5) is 15.0. The summed E-state index contributed by atoms with van der Waals surface area (Å²) in [6.45, 7) is 0. The molecule has 1 heterocycles. The number of rotatable bonds is 3. The molecule has 2 aromatic carbocycles. The summed E-state index contributed by atoms with van der Waals surface area (Å²) in [6.07, 6.45) is 0.654. The van der Waals surface area contributed by atoms with Gasteiger partial charge in [0.2, 0.25) is 0 Å². The van der Waals surface area contributed by atoms with Gasteiger partial charge < -0.3 is 4.74 Å². The fraction of sp³-hybridized carbons (Fsp3) is 0.0588. The van der Waals surface area contributed by atoms with E-state index < -0.39 is 11.6 Å². The number of carbonyl (C=O) groups is 1. The number of ether oxygens (including phenoxy) is 1. The highest BCUT2D eigenvalue weighted by atomic mass is 19.2. The highest BCUT2D eigenvalue weighted by Gasteiger charge is 2.14. The molecule has 0 fully saturated rings. The molecule has 0 radical (unpaired) electrons. The van der Waals surface area contributed by atoms with E-state index in [1.807, 2.05) is 0 Å². The van der Waals surface area contributed by atoms with E-state index >= 15 is 0 Å². The molecule has 3 aromatic rings. The number of methoxy groups -OCH3 is 1. The van der Waals surface area contributed by atoms with E-state index in [-0.39, 0.29) is 0 Å². The smallest absolute Gasteiger partial charge is 0.168 e. The topological polar surface area (TPSA) is 39.2 Å². The van der Waals surface area contributed by atoms with Crippen LogP contribution in [-0.4, -0.2) is 18.4 Å². The van der Waals surface area contributed by atoms with Crippen molar-refractivity contribution in [2.24, 2.45) is 0 Å². The van der Waals surface area contributed by atoms with Crippen LogP contribution in [-0.2, 0) is 0 Å². The zero-order valence-corrected chi connectivity index (χ0v) is 11.6. The lowest BCUT2D eigenvalue weighted by atomic mass is 9.99. The molecule has 110 valence electrons. The molecule has 0 N–H and O–H groups in total. The molecule has 0 amide bonds. The Morgan fingerprint density at radius 2 is 1.86 bits per heavy atom. The van der Waals surface area contributed by atoms with Gasteiger partial charge in [-0.3, -0.25) is 4.79 Å². The first kappa shape index (κ1) is 14.1. The lowest BCUT2D eigenvalue weighted by Crippen LogP contribution is -1.94. The van der Waals surface area contributed by atoms with E-state index in [4.69, 9.17) is 4.74 Å². The van der Waals surface area contributed by atoms with Crippen LogP contribution in [0.2, 0.25) is 0 Å². The predicted octanol–water partition coefficient (Wildman–Crippen LogP) is 4.00. The molecule has 0 atom stereocenters. The van der Waals surface area contributed by atoms with E-state index in [1.165, 1.54) is 13.2 Å². The second-order valence-electron chi connectivity index (χ2n) is 4.69. The number of hydrogen-bond donors (Lipinski definition) is 0. The van der Waals surface area contributed by atoms with Crippen LogP contribution in [0.15, 0.2) is 42.5 Å². The highest BCUT2D eigenvalue weighted by molar-refractivity contribution is 5.99. The molecule has 5 heteroatoms. The number of pyridine rings is 1. The monoisotopic (exact) mass is 299 g/mol. The average Bonchev–Trinajstić information content (AvgIpc) is 2.55. The molecular formula is C17H11F2NO2. The Balaban J connectivity index is 2.33.